The fraction of sp³-hybridized carbons (Fsp3) is 0.667. The molecule has 3 unspecified atom stereocenters. The second kappa shape index (κ2) is 6.82. The van der Waals surface area contributed by atoms with Crippen LogP contribution in [0.1, 0.15) is 37.7 Å². The summed E-state index contributed by atoms with van der Waals surface area (Å²) < 4.78 is 0. The van der Waals surface area contributed by atoms with E-state index in [1.807, 2.05) is 0 Å². The molecule has 3 atom stereocenters. The molecule has 126 valence electrons. The van der Waals surface area contributed by atoms with Gasteiger partial charge in [-0.3, -0.25) is 14.6 Å². The SMILES string of the molecule is NC(=O)C1CC(CCCCC2Cc3c(nc(N)[nH]c3=O)N2)CS1. The van der Waals surface area contributed by atoms with Crippen LogP contribution in [0.3, 0.4) is 0 Å². The van der Waals surface area contributed by atoms with E-state index in [0.29, 0.717) is 23.7 Å². The third kappa shape index (κ3) is 3.80. The number of unbranched alkanes of at least 4 members (excludes halogenated alkanes) is 1. The fourth-order valence-electron chi connectivity index (χ4n) is 3.40. The van der Waals surface area contributed by atoms with Gasteiger partial charge < -0.3 is 16.8 Å². The zero-order chi connectivity index (χ0) is 16.4. The van der Waals surface area contributed by atoms with E-state index < -0.39 is 0 Å². The third-order valence-electron chi connectivity index (χ3n) is 4.64. The summed E-state index contributed by atoms with van der Waals surface area (Å²) in [7, 11) is 0. The number of H-pyrrole nitrogens is 1. The van der Waals surface area contributed by atoms with Crippen LogP contribution in [0.15, 0.2) is 4.79 Å². The van der Waals surface area contributed by atoms with E-state index in [1.165, 1.54) is 0 Å². The minimum absolute atomic E-state index is 0.00857. The monoisotopic (exact) mass is 337 g/mol. The number of nitrogen functional groups attached to an aromatic ring is 1. The molecule has 7 nitrogen and oxygen atoms in total. The third-order valence-corrected chi connectivity index (χ3v) is 6.13. The first-order valence-corrected chi connectivity index (χ1v) is 9.14. The number of carbonyl (C=O) groups is 1. The minimum atomic E-state index is -0.178. The maximum absolute atomic E-state index is 11.8. The Morgan fingerprint density at radius 1 is 1.35 bits per heavy atom. The number of carbonyl (C=O) groups excluding carboxylic acids is 1. The van der Waals surface area contributed by atoms with Gasteiger partial charge in [0.25, 0.3) is 5.56 Å². The molecule has 0 saturated carbocycles. The molecule has 0 aromatic carbocycles. The molecular weight excluding hydrogens is 314 g/mol. The molecule has 8 heteroatoms. The molecule has 0 aliphatic carbocycles. The van der Waals surface area contributed by atoms with Gasteiger partial charge in [-0.05, 0) is 30.9 Å². The number of rotatable bonds is 6. The van der Waals surface area contributed by atoms with E-state index >= 15 is 0 Å². The van der Waals surface area contributed by atoms with Crippen molar-refractivity contribution < 1.29 is 4.79 Å². The minimum Gasteiger partial charge on any atom is -0.369 e. The second-order valence-electron chi connectivity index (χ2n) is 6.43. The molecule has 6 N–H and O–H groups in total. The first kappa shape index (κ1) is 16.2. The second-order valence-corrected chi connectivity index (χ2v) is 7.67. The Morgan fingerprint density at radius 3 is 2.87 bits per heavy atom. The van der Waals surface area contributed by atoms with Crippen molar-refractivity contribution >= 4 is 29.4 Å². The van der Waals surface area contributed by atoms with Crippen molar-refractivity contribution in [3.63, 3.8) is 0 Å². The average molecular weight is 337 g/mol. The predicted octanol–water partition coefficient (Wildman–Crippen LogP) is 0.856. The maximum Gasteiger partial charge on any atom is 0.257 e. The summed E-state index contributed by atoms with van der Waals surface area (Å²) >= 11 is 1.69. The zero-order valence-electron chi connectivity index (χ0n) is 13.0. The largest absolute Gasteiger partial charge is 0.369 e. The lowest BCUT2D eigenvalue weighted by Gasteiger charge is -2.12. The Balaban J connectivity index is 1.39. The quantitative estimate of drug-likeness (QED) is 0.570. The van der Waals surface area contributed by atoms with Crippen LogP contribution in [-0.4, -0.2) is 32.9 Å². The predicted molar refractivity (Wildman–Crippen MR) is 92.4 cm³/mol. The standard InChI is InChI=1S/C15H23N5O2S/c16-12(21)11-5-8(7-23-11)3-1-2-4-9-6-10-13(18-9)19-15(17)20-14(10)22/h8-9,11H,1-7H2,(H2,16,21)(H4,17,18,19,20,22). The van der Waals surface area contributed by atoms with Crippen LogP contribution in [0.5, 0.6) is 0 Å². The number of anilines is 2. The van der Waals surface area contributed by atoms with Crippen LogP contribution in [0.2, 0.25) is 0 Å². The average Bonchev–Trinajstić information content (AvgIpc) is 3.10. The molecule has 1 aromatic heterocycles. The van der Waals surface area contributed by atoms with Crippen molar-refractivity contribution in [3.05, 3.63) is 15.9 Å². The van der Waals surface area contributed by atoms with Crippen LogP contribution in [-0.2, 0) is 11.2 Å². The van der Waals surface area contributed by atoms with Gasteiger partial charge in [-0.2, -0.15) is 4.98 Å². The smallest absolute Gasteiger partial charge is 0.257 e. The normalized spacial score (nSPS) is 26.0. The van der Waals surface area contributed by atoms with Gasteiger partial charge in [-0.15, -0.1) is 11.8 Å². The first-order valence-electron chi connectivity index (χ1n) is 8.09. The molecule has 0 spiro atoms. The van der Waals surface area contributed by atoms with E-state index in [-0.39, 0.29) is 28.7 Å². The Hall–Kier alpha value is -1.70. The lowest BCUT2D eigenvalue weighted by Crippen LogP contribution is -2.23. The van der Waals surface area contributed by atoms with Gasteiger partial charge in [-0.25, -0.2) is 0 Å². The van der Waals surface area contributed by atoms with Crippen molar-refractivity contribution in [2.45, 2.75) is 49.8 Å². The van der Waals surface area contributed by atoms with Crippen LogP contribution < -0.4 is 22.3 Å². The summed E-state index contributed by atoms with van der Waals surface area (Å²) in [4.78, 5) is 29.7. The highest BCUT2D eigenvalue weighted by atomic mass is 32.2. The number of thioether (sulfide) groups is 1. The number of nitrogens with two attached hydrogens (primary N) is 2. The van der Waals surface area contributed by atoms with Crippen molar-refractivity contribution in [3.8, 4) is 0 Å². The van der Waals surface area contributed by atoms with Crippen molar-refractivity contribution in [1.29, 1.82) is 0 Å². The fourth-order valence-corrected chi connectivity index (χ4v) is 4.78. The van der Waals surface area contributed by atoms with Gasteiger partial charge in [0.1, 0.15) is 5.82 Å². The van der Waals surface area contributed by atoms with Gasteiger partial charge >= 0.3 is 0 Å². The van der Waals surface area contributed by atoms with Crippen LogP contribution >= 0.6 is 11.8 Å². The number of amides is 1. The molecule has 1 fully saturated rings. The van der Waals surface area contributed by atoms with E-state index in [2.05, 4.69) is 15.3 Å². The number of aromatic amines is 1. The van der Waals surface area contributed by atoms with Gasteiger partial charge in [0, 0.05) is 12.5 Å². The number of primary amides is 1. The van der Waals surface area contributed by atoms with Crippen LogP contribution in [0.4, 0.5) is 11.8 Å². The highest BCUT2D eigenvalue weighted by Gasteiger charge is 2.29. The number of fused-ring (bicyclic) bond motifs is 1. The Labute approximate surface area is 139 Å². The topological polar surface area (TPSA) is 127 Å². The Morgan fingerprint density at radius 2 is 2.13 bits per heavy atom. The van der Waals surface area contributed by atoms with Gasteiger partial charge in [-0.1, -0.05) is 12.8 Å². The van der Waals surface area contributed by atoms with E-state index in [9.17, 15) is 9.59 Å². The van der Waals surface area contributed by atoms with Crippen molar-refractivity contribution in [2.24, 2.45) is 11.7 Å². The molecule has 1 aromatic rings. The summed E-state index contributed by atoms with van der Waals surface area (Å²) in [5.41, 5.74) is 11.5. The van der Waals surface area contributed by atoms with E-state index in [4.69, 9.17) is 11.5 Å². The molecule has 0 bridgehead atoms. The van der Waals surface area contributed by atoms with Crippen LogP contribution in [0, 0.1) is 5.92 Å². The van der Waals surface area contributed by atoms with E-state index in [1.54, 1.807) is 11.8 Å². The molecule has 3 heterocycles. The number of aromatic nitrogens is 2. The summed E-state index contributed by atoms with van der Waals surface area (Å²) in [6.45, 7) is 0. The highest BCUT2D eigenvalue weighted by Crippen LogP contribution is 2.34. The summed E-state index contributed by atoms with van der Waals surface area (Å²) in [5, 5.41) is 3.30. The van der Waals surface area contributed by atoms with E-state index in [0.717, 1.165) is 37.9 Å². The number of hydrogen-bond donors (Lipinski definition) is 4. The summed E-state index contributed by atoms with van der Waals surface area (Å²) in [5.74, 6) is 2.26. The summed E-state index contributed by atoms with van der Waals surface area (Å²) in [6, 6.07) is 0.261. The number of nitrogens with one attached hydrogen (secondary N) is 2. The highest BCUT2D eigenvalue weighted by molar-refractivity contribution is 8.00. The van der Waals surface area contributed by atoms with Crippen molar-refractivity contribution in [2.75, 3.05) is 16.8 Å². The van der Waals surface area contributed by atoms with Crippen molar-refractivity contribution in [1.82, 2.24) is 9.97 Å². The molecule has 1 saturated heterocycles. The molecule has 1 amide bonds. The molecular formula is C15H23N5O2S. The lowest BCUT2D eigenvalue weighted by molar-refractivity contribution is -0.117. The van der Waals surface area contributed by atoms with Gasteiger partial charge in [0.2, 0.25) is 11.9 Å². The molecule has 23 heavy (non-hydrogen) atoms. The molecule has 3 rings (SSSR count). The number of nitrogens with zero attached hydrogens (tertiary/aromatic N) is 1. The molecule has 2 aliphatic heterocycles. The van der Waals surface area contributed by atoms with Gasteiger partial charge in [0.15, 0.2) is 0 Å². The molecule has 0 radical (unpaired) electrons. The van der Waals surface area contributed by atoms with Crippen LogP contribution in [0.25, 0.3) is 0 Å². The lowest BCUT2D eigenvalue weighted by atomic mass is 9.96. The Bertz CT molecular complexity index is 647. The Kier molecular flexibility index (Phi) is 4.79. The maximum atomic E-state index is 11.8. The zero-order valence-corrected chi connectivity index (χ0v) is 13.8. The molecule has 2 aliphatic rings. The number of hydrogen-bond acceptors (Lipinski definition) is 6. The van der Waals surface area contributed by atoms with Gasteiger partial charge in [0.05, 0.1) is 10.8 Å². The summed E-state index contributed by atoms with van der Waals surface area (Å²) in [6.07, 6.45) is 6.02. The first-order chi connectivity index (χ1) is 11.0.